The first-order chi connectivity index (χ1) is 12.3. The zero-order valence-corrected chi connectivity index (χ0v) is 14.1. The molecule has 0 unspecified atom stereocenters. The van der Waals surface area contributed by atoms with E-state index in [9.17, 15) is 4.39 Å². The number of pyridine rings is 2. The molecule has 25 heavy (non-hydrogen) atoms. The molecule has 2 aromatic rings. The second-order valence-corrected chi connectivity index (χ2v) is 6.83. The van der Waals surface area contributed by atoms with Crippen molar-refractivity contribution in [2.75, 3.05) is 26.3 Å². The van der Waals surface area contributed by atoms with Gasteiger partial charge in [0.15, 0.2) is 5.82 Å². The lowest BCUT2D eigenvalue weighted by molar-refractivity contribution is -0.138. The number of hydrogen-bond acceptors (Lipinski definition) is 5. The first-order valence-electron chi connectivity index (χ1n) is 8.74. The largest absolute Gasteiger partial charge is 0.476 e. The highest BCUT2D eigenvalue weighted by atomic mass is 19.1. The standard InChI is InChI=1S/C19H22FN3O2/c20-17-4-2-8-22-18(17)24-9-5-16-6-10-25-19(16)13-23(14-19)12-15-3-1-7-21-11-15/h1-4,7-8,11,16H,5-6,9-10,12-14H2/t16-/m1/s1. The predicted molar refractivity (Wildman–Crippen MR) is 90.6 cm³/mol. The van der Waals surface area contributed by atoms with Crippen molar-refractivity contribution in [3.8, 4) is 5.88 Å². The summed E-state index contributed by atoms with van der Waals surface area (Å²) in [5, 5.41) is 0. The Morgan fingerprint density at radius 2 is 2.16 bits per heavy atom. The highest BCUT2D eigenvalue weighted by Gasteiger charge is 2.52. The van der Waals surface area contributed by atoms with Crippen LogP contribution in [0.4, 0.5) is 4.39 Å². The molecule has 0 aliphatic carbocycles. The van der Waals surface area contributed by atoms with Gasteiger partial charge in [0.25, 0.3) is 0 Å². The number of hydrogen-bond donors (Lipinski definition) is 0. The second-order valence-electron chi connectivity index (χ2n) is 6.83. The van der Waals surface area contributed by atoms with Gasteiger partial charge in [-0.1, -0.05) is 6.07 Å². The summed E-state index contributed by atoms with van der Waals surface area (Å²) in [6, 6.07) is 6.99. The summed E-state index contributed by atoms with van der Waals surface area (Å²) in [6.45, 7) is 4.03. The van der Waals surface area contributed by atoms with Crippen molar-refractivity contribution in [3.63, 3.8) is 0 Å². The number of rotatable bonds is 6. The van der Waals surface area contributed by atoms with Crippen molar-refractivity contribution in [1.82, 2.24) is 14.9 Å². The lowest BCUT2D eigenvalue weighted by atomic mass is 9.79. The third-order valence-electron chi connectivity index (χ3n) is 5.14. The number of ether oxygens (including phenoxy) is 2. The van der Waals surface area contributed by atoms with Crippen LogP contribution in [0, 0.1) is 11.7 Å². The predicted octanol–water partition coefficient (Wildman–Crippen LogP) is 2.68. The van der Waals surface area contributed by atoms with Crippen molar-refractivity contribution in [3.05, 3.63) is 54.2 Å². The van der Waals surface area contributed by atoms with Gasteiger partial charge in [-0.3, -0.25) is 9.88 Å². The van der Waals surface area contributed by atoms with E-state index in [1.54, 1.807) is 18.5 Å². The van der Waals surface area contributed by atoms with Crippen LogP contribution in [-0.2, 0) is 11.3 Å². The van der Waals surface area contributed by atoms with E-state index in [2.05, 4.69) is 20.9 Å². The van der Waals surface area contributed by atoms with Crippen LogP contribution < -0.4 is 4.74 Å². The Hall–Kier alpha value is -2.05. The Labute approximate surface area is 146 Å². The zero-order valence-electron chi connectivity index (χ0n) is 14.1. The van der Waals surface area contributed by atoms with E-state index in [-0.39, 0.29) is 11.5 Å². The first-order valence-corrected chi connectivity index (χ1v) is 8.74. The van der Waals surface area contributed by atoms with Gasteiger partial charge in [0, 0.05) is 44.8 Å². The van der Waals surface area contributed by atoms with E-state index in [1.165, 1.54) is 11.6 Å². The molecule has 0 N–H and O–H groups in total. The topological polar surface area (TPSA) is 47.5 Å². The minimum absolute atomic E-state index is 0.0613. The molecule has 0 saturated carbocycles. The van der Waals surface area contributed by atoms with Gasteiger partial charge in [-0.25, -0.2) is 9.37 Å². The SMILES string of the molecule is Fc1cccnc1OCC[C@@H]1CCOC12CN(Cc1cccnc1)C2. The van der Waals surface area contributed by atoms with Crippen LogP contribution in [0.2, 0.25) is 0 Å². The molecule has 0 bridgehead atoms. The van der Waals surface area contributed by atoms with Crippen molar-refractivity contribution < 1.29 is 13.9 Å². The van der Waals surface area contributed by atoms with E-state index in [0.29, 0.717) is 12.5 Å². The smallest absolute Gasteiger partial charge is 0.250 e. The highest BCUT2D eigenvalue weighted by molar-refractivity contribution is 5.14. The lowest BCUT2D eigenvalue weighted by Gasteiger charge is -2.50. The van der Waals surface area contributed by atoms with Crippen LogP contribution in [-0.4, -0.2) is 46.8 Å². The number of likely N-dealkylation sites (tertiary alicyclic amines) is 1. The molecule has 2 aromatic heterocycles. The molecule has 0 amide bonds. The molecule has 4 heterocycles. The Morgan fingerprint density at radius 3 is 2.96 bits per heavy atom. The Balaban J connectivity index is 1.28. The van der Waals surface area contributed by atoms with Gasteiger partial charge < -0.3 is 9.47 Å². The van der Waals surface area contributed by atoms with Crippen molar-refractivity contribution in [1.29, 1.82) is 0 Å². The van der Waals surface area contributed by atoms with Crippen LogP contribution in [0.5, 0.6) is 5.88 Å². The molecule has 1 atom stereocenters. The van der Waals surface area contributed by atoms with E-state index in [4.69, 9.17) is 9.47 Å². The van der Waals surface area contributed by atoms with Crippen LogP contribution >= 0.6 is 0 Å². The summed E-state index contributed by atoms with van der Waals surface area (Å²) in [4.78, 5) is 10.5. The summed E-state index contributed by atoms with van der Waals surface area (Å²) >= 11 is 0. The average Bonchev–Trinajstić information content (AvgIpc) is 3.01. The van der Waals surface area contributed by atoms with Crippen molar-refractivity contribution >= 4 is 0 Å². The van der Waals surface area contributed by atoms with E-state index < -0.39 is 5.82 Å². The average molecular weight is 343 g/mol. The van der Waals surface area contributed by atoms with Crippen LogP contribution in [0.15, 0.2) is 42.9 Å². The van der Waals surface area contributed by atoms with Crippen LogP contribution in [0.3, 0.4) is 0 Å². The first kappa shape index (κ1) is 16.4. The van der Waals surface area contributed by atoms with Crippen molar-refractivity contribution in [2.45, 2.75) is 25.0 Å². The Bertz CT molecular complexity index is 707. The monoisotopic (exact) mass is 343 g/mol. The van der Waals surface area contributed by atoms with Crippen molar-refractivity contribution in [2.24, 2.45) is 5.92 Å². The third kappa shape index (κ3) is 3.50. The fourth-order valence-electron chi connectivity index (χ4n) is 3.89. The Morgan fingerprint density at radius 1 is 1.28 bits per heavy atom. The van der Waals surface area contributed by atoms with Gasteiger partial charge in [-0.15, -0.1) is 0 Å². The molecule has 2 aliphatic rings. The summed E-state index contributed by atoms with van der Waals surface area (Å²) < 4.78 is 25.2. The molecule has 4 rings (SSSR count). The van der Waals surface area contributed by atoms with Gasteiger partial charge in [-0.05, 0) is 42.5 Å². The molecular weight excluding hydrogens is 321 g/mol. The summed E-state index contributed by atoms with van der Waals surface area (Å²) in [5.74, 6) is 0.123. The zero-order chi connectivity index (χ0) is 17.1. The molecule has 1 spiro atoms. The molecule has 5 nitrogen and oxygen atoms in total. The molecule has 0 aromatic carbocycles. The van der Waals surface area contributed by atoms with Crippen LogP contribution in [0.1, 0.15) is 18.4 Å². The minimum atomic E-state index is -0.411. The fourth-order valence-corrected chi connectivity index (χ4v) is 3.89. The summed E-state index contributed by atoms with van der Waals surface area (Å²) in [5.41, 5.74) is 1.16. The van der Waals surface area contributed by atoms with Crippen LogP contribution in [0.25, 0.3) is 0 Å². The molecule has 6 heteroatoms. The Kier molecular flexibility index (Phi) is 4.63. The minimum Gasteiger partial charge on any atom is -0.476 e. The van der Waals surface area contributed by atoms with Gasteiger partial charge in [0.2, 0.25) is 5.88 Å². The third-order valence-corrected chi connectivity index (χ3v) is 5.14. The fraction of sp³-hybridized carbons (Fsp3) is 0.474. The molecule has 2 saturated heterocycles. The highest BCUT2D eigenvalue weighted by Crippen LogP contribution is 2.42. The molecule has 2 aliphatic heterocycles. The molecule has 132 valence electrons. The van der Waals surface area contributed by atoms with E-state index >= 15 is 0 Å². The molecule has 2 fully saturated rings. The summed E-state index contributed by atoms with van der Waals surface area (Å²) in [7, 11) is 0. The summed E-state index contributed by atoms with van der Waals surface area (Å²) in [6.07, 6.45) is 7.14. The van der Waals surface area contributed by atoms with E-state index in [1.807, 2.05) is 12.3 Å². The maximum atomic E-state index is 13.6. The molecule has 0 radical (unpaired) electrons. The number of halogens is 1. The number of nitrogens with zero attached hydrogens (tertiary/aromatic N) is 3. The van der Waals surface area contributed by atoms with Gasteiger partial charge in [0.1, 0.15) is 0 Å². The van der Waals surface area contributed by atoms with Gasteiger partial charge >= 0.3 is 0 Å². The van der Waals surface area contributed by atoms with Gasteiger partial charge in [0.05, 0.1) is 12.2 Å². The maximum absolute atomic E-state index is 13.6. The maximum Gasteiger partial charge on any atom is 0.250 e. The lowest BCUT2D eigenvalue weighted by Crippen LogP contribution is -2.64. The number of aromatic nitrogens is 2. The van der Waals surface area contributed by atoms with Gasteiger partial charge in [-0.2, -0.15) is 0 Å². The van der Waals surface area contributed by atoms with E-state index in [0.717, 1.165) is 39.1 Å². The quantitative estimate of drug-likeness (QED) is 0.807. The molecular formula is C19H22FN3O2. The second kappa shape index (κ2) is 7.06. The normalized spacial score (nSPS) is 22.0.